The highest BCUT2D eigenvalue weighted by atomic mass is 16.1. The molecule has 15 heavy (non-hydrogen) atoms. The van der Waals surface area contributed by atoms with Gasteiger partial charge in [-0.1, -0.05) is 0 Å². The van der Waals surface area contributed by atoms with E-state index in [-0.39, 0.29) is 5.91 Å². The number of hydrogen-bond donors (Lipinski definition) is 3. The van der Waals surface area contributed by atoms with Crippen molar-refractivity contribution in [2.45, 2.75) is 13.3 Å². The zero-order valence-electron chi connectivity index (χ0n) is 8.79. The number of amides is 1. The van der Waals surface area contributed by atoms with Gasteiger partial charge in [0.2, 0.25) is 5.91 Å². The van der Waals surface area contributed by atoms with Crippen LogP contribution in [0.25, 0.3) is 0 Å². The van der Waals surface area contributed by atoms with Gasteiger partial charge < -0.3 is 16.4 Å². The van der Waals surface area contributed by atoms with Gasteiger partial charge in [0.05, 0.1) is 0 Å². The molecule has 4 N–H and O–H groups in total. The van der Waals surface area contributed by atoms with Crippen molar-refractivity contribution in [1.29, 1.82) is 0 Å². The summed E-state index contributed by atoms with van der Waals surface area (Å²) in [4.78, 5) is 15.0. The van der Waals surface area contributed by atoms with Gasteiger partial charge in [-0.2, -0.15) is 0 Å². The first-order chi connectivity index (χ1) is 7.22. The summed E-state index contributed by atoms with van der Waals surface area (Å²) in [5.41, 5.74) is 6.39. The second kappa shape index (κ2) is 5.85. The van der Waals surface area contributed by atoms with Crippen molar-refractivity contribution >= 4 is 17.4 Å². The minimum atomic E-state index is 0.0482. The zero-order chi connectivity index (χ0) is 11.1. The van der Waals surface area contributed by atoms with E-state index in [4.69, 9.17) is 5.73 Å². The van der Waals surface area contributed by atoms with E-state index < -0.39 is 0 Å². The minimum Gasteiger partial charge on any atom is -0.384 e. The summed E-state index contributed by atoms with van der Waals surface area (Å²) >= 11 is 0. The maximum atomic E-state index is 11.1. The topological polar surface area (TPSA) is 80.0 Å². The molecule has 0 atom stereocenters. The molecule has 1 amide bonds. The zero-order valence-corrected chi connectivity index (χ0v) is 8.79. The quantitative estimate of drug-likeness (QED) is 0.662. The fraction of sp³-hybridized carbons (Fsp3) is 0.400. The van der Waals surface area contributed by atoms with E-state index >= 15 is 0 Å². The van der Waals surface area contributed by atoms with Crippen LogP contribution in [0.2, 0.25) is 0 Å². The van der Waals surface area contributed by atoms with Gasteiger partial charge in [0.1, 0.15) is 5.82 Å². The van der Waals surface area contributed by atoms with Crippen LogP contribution in [0.1, 0.15) is 13.3 Å². The van der Waals surface area contributed by atoms with E-state index in [0.717, 1.165) is 5.69 Å². The van der Waals surface area contributed by atoms with Crippen molar-refractivity contribution < 1.29 is 4.79 Å². The van der Waals surface area contributed by atoms with Gasteiger partial charge in [0.25, 0.3) is 0 Å². The fourth-order valence-corrected chi connectivity index (χ4v) is 1.16. The maximum Gasteiger partial charge on any atom is 0.221 e. The van der Waals surface area contributed by atoms with Crippen LogP contribution in [0.3, 0.4) is 0 Å². The molecule has 1 aromatic rings. The maximum absolute atomic E-state index is 11.1. The number of carbonyl (C=O) groups is 1. The number of hydrogen-bond acceptors (Lipinski definition) is 4. The molecular weight excluding hydrogens is 192 g/mol. The molecule has 0 spiro atoms. The Balaban J connectivity index is 2.28. The van der Waals surface area contributed by atoms with Gasteiger partial charge in [-0.15, -0.1) is 0 Å². The first-order valence-electron chi connectivity index (χ1n) is 4.94. The van der Waals surface area contributed by atoms with Crippen molar-refractivity contribution in [2.24, 2.45) is 0 Å². The number of rotatable bonds is 5. The number of nitrogens with zero attached hydrogens (tertiary/aromatic N) is 1. The predicted molar refractivity (Wildman–Crippen MR) is 60.4 cm³/mol. The van der Waals surface area contributed by atoms with Crippen LogP contribution in [0.5, 0.6) is 0 Å². The third-order valence-corrected chi connectivity index (χ3v) is 1.84. The number of nitrogen functional groups attached to an aromatic ring is 1. The molecule has 1 rings (SSSR count). The number of pyridine rings is 1. The Morgan fingerprint density at radius 2 is 2.40 bits per heavy atom. The lowest BCUT2D eigenvalue weighted by Gasteiger charge is -2.06. The van der Waals surface area contributed by atoms with Crippen LogP contribution < -0.4 is 16.4 Å². The lowest BCUT2D eigenvalue weighted by molar-refractivity contribution is -0.120. The van der Waals surface area contributed by atoms with Gasteiger partial charge in [-0.3, -0.25) is 4.79 Å². The summed E-state index contributed by atoms with van der Waals surface area (Å²) in [7, 11) is 0. The molecule has 0 unspecified atom stereocenters. The van der Waals surface area contributed by atoms with Gasteiger partial charge in [0, 0.05) is 37.5 Å². The largest absolute Gasteiger partial charge is 0.384 e. The number of nitrogens with one attached hydrogen (secondary N) is 2. The number of nitrogens with two attached hydrogens (primary N) is 1. The van der Waals surface area contributed by atoms with Crippen molar-refractivity contribution in [3.05, 3.63) is 18.3 Å². The summed E-state index contributed by atoms with van der Waals surface area (Å²) in [6.45, 7) is 3.16. The molecular formula is C10H16N4O. The van der Waals surface area contributed by atoms with Crippen molar-refractivity contribution in [1.82, 2.24) is 10.3 Å². The van der Waals surface area contributed by atoms with E-state index in [9.17, 15) is 4.79 Å². The Labute approximate surface area is 89.1 Å². The van der Waals surface area contributed by atoms with Crippen LogP contribution in [0.15, 0.2) is 18.3 Å². The van der Waals surface area contributed by atoms with E-state index in [1.807, 2.05) is 13.0 Å². The second-order valence-electron chi connectivity index (χ2n) is 3.10. The SMILES string of the molecule is CCNC(=O)CCNc1ccnc(N)c1. The molecule has 0 saturated heterocycles. The molecule has 1 aromatic heterocycles. The lowest BCUT2D eigenvalue weighted by atomic mass is 10.3. The molecule has 0 aliphatic carbocycles. The Morgan fingerprint density at radius 3 is 3.07 bits per heavy atom. The normalized spacial score (nSPS) is 9.67. The first kappa shape index (κ1) is 11.3. The van der Waals surface area contributed by atoms with Crippen molar-refractivity contribution in [2.75, 3.05) is 24.1 Å². The third-order valence-electron chi connectivity index (χ3n) is 1.84. The van der Waals surface area contributed by atoms with E-state index in [2.05, 4.69) is 15.6 Å². The molecule has 0 aliphatic heterocycles. The Kier molecular flexibility index (Phi) is 4.40. The molecule has 0 radical (unpaired) electrons. The number of carbonyl (C=O) groups excluding carboxylic acids is 1. The average Bonchev–Trinajstić information content (AvgIpc) is 2.18. The van der Waals surface area contributed by atoms with Crippen molar-refractivity contribution in [3.8, 4) is 0 Å². The van der Waals surface area contributed by atoms with Crippen LogP contribution in [0.4, 0.5) is 11.5 Å². The lowest BCUT2D eigenvalue weighted by Crippen LogP contribution is -2.24. The summed E-state index contributed by atoms with van der Waals surface area (Å²) in [5.74, 6) is 0.519. The molecule has 0 fully saturated rings. The summed E-state index contributed by atoms with van der Waals surface area (Å²) < 4.78 is 0. The average molecular weight is 208 g/mol. The van der Waals surface area contributed by atoms with E-state index in [0.29, 0.717) is 25.3 Å². The van der Waals surface area contributed by atoms with Crippen molar-refractivity contribution in [3.63, 3.8) is 0 Å². The molecule has 0 aliphatic rings. The molecule has 0 saturated carbocycles. The monoisotopic (exact) mass is 208 g/mol. The highest BCUT2D eigenvalue weighted by Gasteiger charge is 1.98. The molecule has 0 aromatic carbocycles. The number of anilines is 2. The standard InChI is InChI=1S/C10H16N4O/c1-2-12-10(15)4-6-13-8-3-5-14-9(11)7-8/h3,5,7H,2,4,6H2,1H3,(H,12,15)(H3,11,13,14). The van der Waals surface area contributed by atoms with Crippen LogP contribution in [0, 0.1) is 0 Å². The van der Waals surface area contributed by atoms with Crippen LogP contribution in [-0.4, -0.2) is 24.0 Å². The molecule has 5 nitrogen and oxygen atoms in total. The van der Waals surface area contributed by atoms with E-state index in [1.54, 1.807) is 12.3 Å². The van der Waals surface area contributed by atoms with Gasteiger partial charge in [0.15, 0.2) is 0 Å². The highest BCUT2D eigenvalue weighted by molar-refractivity contribution is 5.76. The van der Waals surface area contributed by atoms with Gasteiger partial charge in [-0.25, -0.2) is 4.98 Å². The minimum absolute atomic E-state index is 0.0482. The summed E-state index contributed by atoms with van der Waals surface area (Å²) in [5, 5.41) is 5.82. The van der Waals surface area contributed by atoms with Gasteiger partial charge in [-0.05, 0) is 13.0 Å². The van der Waals surface area contributed by atoms with E-state index in [1.165, 1.54) is 0 Å². The molecule has 82 valence electrons. The highest BCUT2D eigenvalue weighted by Crippen LogP contribution is 2.08. The van der Waals surface area contributed by atoms with Crippen LogP contribution >= 0.6 is 0 Å². The fourth-order valence-electron chi connectivity index (χ4n) is 1.16. The molecule has 5 heteroatoms. The smallest absolute Gasteiger partial charge is 0.221 e. The second-order valence-corrected chi connectivity index (χ2v) is 3.10. The third kappa shape index (κ3) is 4.30. The Bertz CT molecular complexity index is 327. The molecule has 0 bridgehead atoms. The van der Waals surface area contributed by atoms with Gasteiger partial charge >= 0.3 is 0 Å². The van der Waals surface area contributed by atoms with Crippen LogP contribution in [-0.2, 0) is 4.79 Å². The first-order valence-corrected chi connectivity index (χ1v) is 4.94. The molecule has 1 heterocycles. The summed E-state index contributed by atoms with van der Waals surface area (Å²) in [6, 6.07) is 3.55. The predicted octanol–water partition coefficient (Wildman–Crippen LogP) is 0.602. The number of aromatic nitrogens is 1. The Morgan fingerprint density at radius 1 is 1.60 bits per heavy atom. The summed E-state index contributed by atoms with van der Waals surface area (Å²) in [6.07, 6.45) is 2.08. The Hall–Kier alpha value is -1.78.